The molecular weight excluding hydrogens is 277 g/mol. The Morgan fingerprint density at radius 2 is 1.91 bits per heavy atom. The molecule has 0 aromatic heterocycles. The molecule has 1 saturated carbocycles. The van der Waals surface area contributed by atoms with E-state index in [2.05, 4.69) is 4.90 Å². The Hall–Kier alpha value is -0.930. The Kier molecular flexibility index (Phi) is 5.48. The normalized spacial score (nSPS) is 27.9. The maximum absolute atomic E-state index is 13.9. The third kappa shape index (κ3) is 3.69. The summed E-state index contributed by atoms with van der Waals surface area (Å²) in [5.41, 5.74) is 0.834. The molecule has 122 valence electrons. The van der Waals surface area contributed by atoms with E-state index in [1.165, 1.54) is 32.1 Å². The van der Waals surface area contributed by atoms with Crippen LogP contribution < -0.4 is 0 Å². The summed E-state index contributed by atoms with van der Waals surface area (Å²) < 4.78 is 19.7. The van der Waals surface area contributed by atoms with Gasteiger partial charge in [-0.25, -0.2) is 4.39 Å². The lowest BCUT2D eigenvalue weighted by molar-refractivity contribution is -0.0296. The van der Waals surface area contributed by atoms with Gasteiger partial charge in [-0.2, -0.15) is 0 Å². The van der Waals surface area contributed by atoms with Crippen LogP contribution in [0.2, 0.25) is 0 Å². The number of hydrogen-bond donors (Lipinski definition) is 0. The van der Waals surface area contributed by atoms with Crippen molar-refractivity contribution in [2.45, 2.75) is 57.1 Å². The van der Waals surface area contributed by atoms with Crippen LogP contribution in [-0.4, -0.2) is 37.2 Å². The molecule has 2 aliphatic rings. The van der Waals surface area contributed by atoms with Gasteiger partial charge in [0.25, 0.3) is 0 Å². The number of rotatable bonds is 4. The predicted molar refractivity (Wildman–Crippen MR) is 87.5 cm³/mol. The number of nitrogens with zero attached hydrogens (tertiary/aromatic N) is 1. The zero-order chi connectivity index (χ0) is 15.4. The minimum Gasteiger partial charge on any atom is -0.380 e. The Morgan fingerprint density at radius 1 is 1.14 bits per heavy atom. The third-order valence-electron chi connectivity index (χ3n) is 5.56. The lowest BCUT2D eigenvalue weighted by atomic mass is 9.85. The highest BCUT2D eigenvalue weighted by Gasteiger charge is 2.33. The van der Waals surface area contributed by atoms with Crippen molar-refractivity contribution in [2.75, 3.05) is 20.2 Å². The highest BCUT2D eigenvalue weighted by Crippen LogP contribution is 2.30. The molecule has 3 rings (SSSR count). The molecule has 1 aromatic rings. The van der Waals surface area contributed by atoms with Gasteiger partial charge in [-0.1, -0.05) is 37.5 Å². The Balaban J connectivity index is 1.61. The van der Waals surface area contributed by atoms with Crippen LogP contribution in [0.5, 0.6) is 0 Å². The zero-order valence-corrected chi connectivity index (χ0v) is 13.6. The van der Waals surface area contributed by atoms with E-state index >= 15 is 0 Å². The van der Waals surface area contributed by atoms with E-state index in [9.17, 15) is 4.39 Å². The highest BCUT2D eigenvalue weighted by atomic mass is 19.1. The number of hydrogen-bond acceptors (Lipinski definition) is 2. The largest absolute Gasteiger partial charge is 0.380 e. The molecule has 2 nitrogen and oxygen atoms in total. The second-order valence-corrected chi connectivity index (χ2v) is 6.91. The molecule has 22 heavy (non-hydrogen) atoms. The van der Waals surface area contributed by atoms with Crippen molar-refractivity contribution in [1.29, 1.82) is 0 Å². The first kappa shape index (κ1) is 15.9. The van der Waals surface area contributed by atoms with E-state index < -0.39 is 0 Å². The van der Waals surface area contributed by atoms with Crippen LogP contribution in [0, 0.1) is 11.7 Å². The van der Waals surface area contributed by atoms with E-state index in [0.717, 1.165) is 37.5 Å². The van der Waals surface area contributed by atoms with Crippen LogP contribution >= 0.6 is 0 Å². The van der Waals surface area contributed by atoms with Crippen molar-refractivity contribution in [2.24, 2.45) is 5.92 Å². The fourth-order valence-electron chi connectivity index (χ4n) is 4.21. The maximum atomic E-state index is 13.9. The van der Waals surface area contributed by atoms with Crippen LogP contribution in [0.15, 0.2) is 24.3 Å². The molecule has 0 bridgehead atoms. The fourth-order valence-corrected chi connectivity index (χ4v) is 4.21. The van der Waals surface area contributed by atoms with E-state index in [0.29, 0.717) is 5.92 Å². The van der Waals surface area contributed by atoms with Gasteiger partial charge in [0.15, 0.2) is 0 Å². The van der Waals surface area contributed by atoms with Gasteiger partial charge in [0, 0.05) is 19.7 Å². The van der Waals surface area contributed by atoms with Crippen LogP contribution in [0.3, 0.4) is 0 Å². The summed E-state index contributed by atoms with van der Waals surface area (Å²) in [6.45, 7) is 2.16. The topological polar surface area (TPSA) is 12.5 Å². The molecule has 0 N–H and O–H groups in total. The first-order valence-corrected chi connectivity index (χ1v) is 8.78. The molecule has 0 amide bonds. The number of benzene rings is 1. The molecule has 3 heteroatoms. The van der Waals surface area contributed by atoms with Gasteiger partial charge >= 0.3 is 0 Å². The molecule has 2 atom stereocenters. The van der Waals surface area contributed by atoms with Crippen LogP contribution in [-0.2, 0) is 11.2 Å². The smallest absolute Gasteiger partial charge is 0.126 e. The number of likely N-dealkylation sites (tertiary alicyclic amines) is 1. The van der Waals surface area contributed by atoms with Gasteiger partial charge in [-0.3, -0.25) is 4.90 Å². The second kappa shape index (κ2) is 7.56. The lowest BCUT2D eigenvalue weighted by Crippen LogP contribution is -2.50. The van der Waals surface area contributed by atoms with E-state index in [1.54, 1.807) is 12.1 Å². The molecule has 0 spiro atoms. The molecule has 1 aliphatic heterocycles. The molecule has 1 aromatic carbocycles. The summed E-state index contributed by atoms with van der Waals surface area (Å²) in [7, 11) is 1.81. The molecule has 1 saturated heterocycles. The van der Waals surface area contributed by atoms with Crippen LogP contribution in [0.4, 0.5) is 4.39 Å². The van der Waals surface area contributed by atoms with E-state index in [-0.39, 0.29) is 11.9 Å². The SMILES string of the molecule is CO[C@@H]1CN(C2CCCCC2)CC[C@@H]1Cc1ccccc1F. The average molecular weight is 305 g/mol. The monoisotopic (exact) mass is 305 g/mol. The lowest BCUT2D eigenvalue weighted by Gasteiger charge is -2.43. The maximum Gasteiger partial charge on any atom is 0.126 e. The van der Waals surface area contributed by atoms with Crippen LogP contribution in [0.25, 0.3) is 0 Å². The number of methoxy groups -OCH3 is 1. The summed E-state index contributed by atoms with van der Waals surface area (Å²) in [5.74, 6) is 0.355. The summed E-state index contributed by atoms with van der Waals surface area (Å²) >= 11 is 0. The molecule has 0 radical (unpaired) electrons. The Labute approximate surface area is 133 Å². The van der Waals surface area contributed by atoms with Gasteiger partial charge < -0.3 is 4.74 Å². The van der Waals surface area contributed by atoms with E-state index in [4.69, 9.17) is 4.74 Å². The summed E-state index contributed by atoms with van der Waals surface area (Å²) in [4.78, 5) is 2.63. The van der Waals surface area contributed by atoms with E-state index in [1.807, 2.05) is 19.2 Å². The number of halogens is 1. The highest BCUT2D eigenvalue weighted by molar-refractivity contribution is 5.18. The van der Waals surface area contributed by atoms with Crippen molar-refractivity contribution >= 4 is 0 Å². The van der Waals surface area contributed by atoms with Gasteiger partial charge in [-0.05, 0) is 49.8 Å². The number of piperidine rings is 1. The molecule has 2 fully saturated rings. The third-order valence-corrected chi connectivity index (χ3v) is 5.56. The Morgan fingerprint density at radius 3 is 2.64 bits per heavy atom. The Bertz CT molecular complexity index is 472. The first-order chi connectivity index (χ1) is 10.8. The predicted octanol–water partition coefficient (Wildman–Crippen LogP) is 4.04. The summed E-state index contributed by atoms with van der Waals surface area (Å²) in [5, 5.41) is 0. The van der Waals surface area contributed by atoms with Crippen molar-refractivity contribution < 1.29 is 9.13 Å². The van der Waals surface area contributed by atoms with Gasteiger partial charge in [0.05, 0.1) is 6.10 Å². The van der Waals surface area contributed by atoms with Crippen LogP contribution in [0.1, 0.15) is 44.1 Å². The molecule has 1 heterocycles. The van der Waals surface area contributed by atoms with Crippen molar-refractivity contribution in [3.05, 3.63) is 35.6 Å². The van der Waals surface area contributed by atoms with Gasteiger partial charge in [0.2, 0.25) is 0 Å². The average Bonchev–Trinajstić information content (AvgIpc) is 2.58. The quantitative estimate of drug-likeness (QED) is 0.832. The zero-order valence-electron chi connectivity index (χ0n) is 13.6. The molecular formula is C19H28FNO. The minimum absolute atomic E-state index is 0.0768. The van der Waals surface area contributed by atoms with Gasteiger partial charge in [-0.15, -0.1) is 0 Å². The summed E-state index contributed by atoms with van der Waals surface area (Å²) in [6, 6.07) is 7.92. The van der Waals surface area contributed by atoms with Crippen molar-refractivity contribution in [3.63, 3.8) is 0 Å². The van der Waals surface area contributed by atoms with Gasteiger partial charge in [0.1, 0.15) is 5.82 Å². The first-order valence-electron chi connectivity index (χ1n) is 8.78. The minimum atomic E-state index is -0.0768. The van der Waals surface area contributed by atoms with Crippen molar-refractivity contribution in [1.82, 2.24) is 4.90 Å². The fraction of sp³-hybridized carbons (Fsp3) is 0.684. The summed E-state index contributed by atoms with van der Waals surface area (Å²) in [6.07, 6.45) is 8.97. The van der Waals surface area contributed by atoms with Crippen molar-refractivity contribution in [3.8, 4) is 0 Å². The molecule has 1 aliphatic carbocycles. The number of ether oxygens (including phenoxy) is 1. The second-order valence-electron chi connectivity index (χ2n) is 6.91. The standard InChI is InChI=1S/C19H28FNO/c1-22-19-14-21(17-8-3-2-4-9-17)12-11-16(19)13-15-7-5-6-10-18(15)20/h5-7,10,16-17,19H,2-4,8-9,11-14H2,1H3/t16-,19-/m1/s1. The molecule has 0 unspecified atom stereocenters.